The Hall–Kier alpha value is -1.73. The highest BCUT2D eigenvalue weighted by Crippen LogP contribution is 2.30. The molecule has 18 heavy (non-hydrogen) atoms. The predicted molar refractivity (Wildman–Crippen MR) is 70.7 cm³/mol. The quantitative estimate of drug-likeness (QED) is 0.805. The van der Waals surface area contributed by atoms with E-state index in [4.69, 9.17) is 14.7 Å². The van der Waals surface area contributed by atoms with Crippen molar-refractivity contribution in [2.24, 2.45) is 0 Å². The number of ether oxygens (including phenoxy) is 2. The Bertz CT molecular complexity index is 413. The standard InChI is InChI=1S/C14H20N2O2/c1-4-12(8-9-15)16-10-11-6-5-7-13(17-2)14(11)18-3/h5-7,12,16H,4,8,10H2,1-3H3. The zero-order valence-electron chi connectivity index (χ0n) is 11.2. The third-order valence-electron chi connectivity index (χ3n) is 2.90. The van der Waals surface area contributed by atoms with Crippen molar-refractivity contribution in [1.29, 1.82) is 5.26 Å². The molecule has 0 heterocycles. The third-order valence-corrected chi connectivity index (χ3v) is 2.90. The second-order valence-corrected chi connectivity index (χ2v) is 4.00. The molecule has 1 N–H and O–H groups in total. The maximum absolute atomic E-state index is 8.71. The molecule has 0 saturated heterocycles. The van der Waals surface area contributed by atoms with Gasteiger partial charge in [-0.25, -0.2) is 0 Å². The Kier molecular flexibility index (Phi) is 6.03. The molecule has 0 amide bonds. The van der Waals surface area contributed by atoms with E-state index in [1.807, 2.05) is 18.2 Å². The fourth-order valence-electron chi connectivity index (χ4n) is 1.82. The lowest BCUT2D eigenvalue weighted by Crippen LogP contribution is -2.27. The first kappa shape index (κ1) is 14.3. The van der Waals surface area contributed by atoms with E-state index in [1.54, 1.807) is 14.2 Å². The van der Waals surface area contributed by atoms with Crippen molar-refractivity contribution in [3.8, 4) is 17.6 Å². The molecule has 0 aromatic heterocycles. The molecule has 0 fully saturated rings. The highest BCUT2D eigenvalue weighted by atomic mass is 16.5. The normalized spacial score (nSPS) is 11.7. The Morgan fingerprint density at radius 1 is 1.33 bits per heavy atom. The van der Waals surface area contributed by atoms with E-state index in [1.165, 1.54) is 0 Å². The first-order chi connectivity index (χ1) is 8.76. The molecule has 0 aliphatic carbocycles. The maximum Gasteiger partial charge on any atom is 0.165 e. The molecule has 0 aliphatic heterocycles. The molecule has 1 aromatic carbocycles. The first-order valence-electron chi connectivity index (χ1n) is 6.07. The van der Waals surface area contributed by atoms with Gasteiger partial charge in [0.15, 0.2) is 11.5 Å². The molecule has 4 heteroatoms. The van der Waals surface area contributed by atoms with E-state index in [2.05, 4.69) is 18.3 Å². The molecule has 0 radical (unpaired) electrons. The summed E-state index contributed by atoms with van der Waals surface area (Å²) in [6.07, 6.45) is 1.45. The minimum absolute atomic E-state index is 0.214. The number of nitriles is 1. The van der Waals surface area contributed by atoms with Crippen molar-refractivity contribution in [3.63, 3.8) is 0 Å². The highest BCUT2D eigenvalue weighted by molar-refractivity contribution is 5.46. The summed E-state index contributed by atoms with van der Waals surface area (Å²) < 4.78 is 10.6. The lowest BCUT2D eigenvalue weighted by Gasteiger charge is -2.16. The average Bonchev–Trinajstić information content (AvgIpc) is 2.42. The van der Waals surface area contributed by atoms with Gasteiger partial charge >= 0.3 is 0 Å². The van der Waals surface area contributed by atoms with Crippen molar-refractivity contribution < 1.29 is 9.47 Å². The van der Waals surface area contributed by atoms with Crippen molar-refractivity contribution >= 4 is 0 Å². The Morgan fingerprint density at radius 2 is 2.11 bits per heavy atom. The molecule has 98 valence electrons. The van der Waals surface area contributed by atoms with Crippen molar-refractivity contribution in [2.75, 3.05) is 14.2 Å². The Balaban J connectivity index is 2.75. The van der Waals surface area contributed by atoms with E-state index < -0.39 is 0 Å². The number of hydrogen-bond acceptors (Lipinski definition) is 4. The van der Waals surface area contributed by atoms with Crippen LogP contribution in [0.15, 0.2) is 18.2 Å². The van der Waals surface area contributed by atoms with Crippen LogP contribution in [0, 0.1) is 11.3 Å². The minimum atomic E-state index is 0.214. The van der Waals surface area contributed by atoms with Crippen LogP contribution in [-0.4, -0.2) is 20.3 Å². The van der Waals surface area contributed by atoms with Crippen molar-refractivity contribution in [2.45, 2.75) is 32.4 Å². The summed E-state index contributed by atoms with van der Waals surface area (Å²) in [7, 11) is 3.26. The number of methoxy groups -OCH3 is 2. The first-order valence-corrected chi connectivity index (χ1v) is 6.07. The van der Waals surface area contributed by atoms with Crippen LogP contribution in [-0.2, 0) is 6.54 Å². The van der Waals surface area contributed by atoms with Gasteiger partial charge in [-0.05, 0) is 12.5 Å². The molecule has 4 nitrogen and oxygen atoms in total. The average molecular weight is 248 g/mol. The van der Waals surface area contributed by atoms with Gasteiger partial charge in [-0.3, -0.25) is 0 Å². The molecule has 1 aromatic rings. The van der Waals surface area contributed by atoms with Gasteiger partial charge < -0.3 is 14.8 Å². The highest BCUT2D eigenvalue weighted by Gasteiger charge is 2.11. The van der Waals surface area contributed by atoms with Crippen LogP contribution in [0.25, 0.3) is 0 Å². The van der Waals surface area contributed by atoms with E-state index in [9.17, 15) is 0 Å². The SMILES string of the molecule is CCC(CC#N)NCc1cccc(OC)c1OC. The van der Waals surface area contributed by atoms with Gasteiger partial charge in [-0.2, -0.15) is 5.26 Å². The van der Waals surface area contributed by atoms with Crippen LogP contribution < -0.4 is 14.8 Å². The van der Waals surface area contributed by atoms with Crippen LogP contribution in [0.5, 0.6) is 11.5 Å². The van der Waals surface area contributed by atoms with Gasteiger partial charge in [0.1, 0.15) is 0 Å². The fraction of sp³-hybridized carbons (Fsp3) is 0.500. The summed E-state index contributed by atoms with van der Waals surface area (Å²) >= 11 is 0. The number of hydrogen-bond donors (Lipinski definition) is 1. The van der Waals surface area contributed by atoms with Crippen molar-refractivity contribution in [3.05, 3.63) is 23.8 Å². The number of rotatable bonds is 7. The van der Waals surface area contributed by atoms with Gasteiger partial charge in [-0.15, -0.1) is 0 Å². The zero-order chi connectivity index (χ0) is 13.4. The number of benzene rings is 1. The lowest BCUT2D eigenvalue weighted by atomic mass is 10.1. The smallest absolute Gasteiger partial charge is 0.165 e. The number of nitrogens with one attached hydrogen (secondary N) is 1. The lowest BCUT2D eigenvalue weighted by molar-refractivity contribution is 0.349. The van der Waals surface area contributed by atoms with Gasteiger partial charge in [0.25, 0.3) is 0 Å². The van der Waals surface area contributed by atoms with Gasteiger partial charge in [0, 0.05) is 18.2 Å². The fourth-order valence-corrected chi connectivity index (χ4v) is 1.82. The maximum atomic E-state index is 8.71. The summed E-state index contributed by atoms with van der Waals surface area (Å²) in [5.41, 5.74) is 1.04. The minimum Gasteiger partial charge on any atom is -0.493 e. The molecule has 1 atom stereocenters. The molecule has 0 aliphatic rings. The predicted octanol–water partition coefficient (Wildman–Crippen LogP) is 2.49. The largest absolute Gasteiger partial charge is 0.493 e. The van der Waals surface area contributed by atoms with Gasteiger partial charge in [0.2, 0.25) is 0 Å². The van der Waals surface area contributed by atoms with E-state index in [0.717, 1.165) is 23.5 Å². The Labute approximate surface area is 109 Å². The molecule has 0 bridgehead atoms. The summed E-state index contributed by atoms with van der Waals surface area (Å²) in [5, 5.41) is 12.1. The van der Waals surface area contributed by atoms with E-state index in [-0.39, 0.29) is 6.04 Å². The third kappa shape index (κ3) is 3.64. The van der Waals surface area contributed by atoms with E-state index in [0.29, 0.717) is 13.0 Å². The monoisotopic (exact) mass is 248 g/mol. The van der Waals surface area contributed by atoms with Gasteiger partial charge in [-0.1, -0.05) is 19.1 Å². The molecular formula is C14H20N2O2. The summed E-state index contributed by atoms with van der Waals surface area (Å²) in [6, 6.07) is 8.20. The van der Waals surface area contributed by atoms with Crippen LogP contribution in [0.1, 0.15) is 25.3 Å². The van der Waals surface area contributed by atoms with Crippen LogP contribution in [0.2, 0.25) is 0 Å². The number of para-hydroxylation sites is 1. The van der Waals surface area contributed by atoms with Crippen molar-refractivity contribution in [1.82, 2.24) is 5.32 Å². The summed E-state index contributed by atoms with van der Waals surface area (Å²) in [4.78, 5) is 0. The molecule has 0 spiro atoms. The van der Waals surface area contributed by atoms with Crippen LogP contribution in [0.4, 0.5) is 0 Å². The molecular weight excluding hydrogens is 228 g/mol. The van der Waals surface area contributed by atoms with Crippen LogP contribution >= 0.6 is 0 Å². The second kappa shape index (κ2) is 7.57. The molecule has 1 rings (SSSR count). The van der Waals surface area contributed by atoms with Crippen LogP contribution in [0.3, 0.4) is 0 Å². The van der Waals surface area contributed by atoms with Gasteiger partial charge in [0.05, 0.1) is 26.7 Å². The zero-order valence-corrected chi connectivity index (χ0v) is 11.2. The Morgan fingerprint density at radius 3 is 2.67 bits per heavy atom. The second-order valence-electron chi connectivity index (χ2n) is 4.00. The molecule has 1 unspecified atom stereocenters. The topological polar surface area (TPSA) is 54.3 Å². The van der Waals surface area contributed by atoms with E-state index >= 15 is 0 Å². The number of nitrogens with zero attached hydrogens (tertiary/aromatic N) is 1. The summed E-state index contributed by atoms with van der Waals surface area (Å²) in [6.45, 7) is 2.73. The molecule has 0 saturated carbocycles. The summed E-state index contributed by atoms with van der Waals surface area (Å²) in [5.74, 6) is 1.48.